The van der Waals surface area contributed by atoms with Crippen molar-refractivity contribution in [3.63, 3.8) is 0 Å². The Hall–Kier alpha value is -0.540. The SMILES string of the molecule is CCCC(C)Oc1cc(Br)ccc1C(C)N. The topological polar surface area (TPSA) is 35.2 Å². The van der Waals surface area contributed by atoms with Gasteiger partial charge in [-0.15, -0.1) is 0 Å². The van der Waals surface area contributed by atoms with Gasteiger partial charge in [-0.3, -0.25) is 0 Å². The lowest BCUT2D eigenvalue weighted by Crippen LogP contribution is -2.14. The van der Waals surface area contributed by atoms with Crippen molar-refractivity contribution < 1.29 is 4.74 Å². The van der Waals surface area contributed by atoms with E-state index in [4.69, 9.17) is 10.5 Å². The molecule has 0 heterocycles. The van der Waals surface area contributed by atoms with Gasteiger partial charge < -0.3 is 10.5 Å². The number of nitrogens with two attached hydrogens (primary N) is 1. The first-order valence-corrected chi connectivity index (χ1v) is 6.55. The highest BCUT2D eigenvalue weighted by molar-refractivity contribution is 9.10. The summed E-state index contributed by atoms with van der Waals surface area (Å²) in [5, 5.41) is 0. The molecule has 0 aliphatic rings. The van der Waals surface area contributed by atoms with Gasteiger partial charge in [0.2, 0.25) is 0 Å². The number of benzene rings is 1. The number of rotatable bonds is 5. The highest BCUT2D eigenvalue weighted by atomic mass is 79.9. The van der Waals surface area contributed by atoms with Gasteiger partial charge in [-0.25, -0.2) is 0 Å². The molecular formula is C13H20BrNO. The molecule has 0 aliphatic carbocycles. The second-order valence-electron chi connectivity index (χ2n) is 4.19. The van der Waals surface area contributed by atoms with Gasteiger partial charge in [0.15, 0.2) is 0 Å². The van der Waals surface area contributed by atoms with Crippen molar-refractivity contribution in [3.05, 3.63) is 28.2 Å². The maximum atomic E-state index is 5.92. The fourth-order valence-electron chi connectivity index (χ4n) is 1.67. The van der Waals surface area contributed by atoms with Gasteiger partial charge in [0.05, 0.1) is 6.10 Å². The van der Waals surface area contributed by atoms with Crippen LogP contribution in [0.15, 0.2) is 22.7 Å². The average Bonchev–Trinajstić information content (AvgIpc) is 2.17. The molecule has 2 N–H and O–H groups in total. The highest BCUT2D eigenvalue weighted by Gasteiger charge is 2.11. The summed E-state index contributed by atoms with van der Waals surface area (Å²) < 4.78 is 6.94. The van der Waals surface area contributed by atoms with E-state index >= 15 is 0 Å². The number of ether oxygens (including phenoxy) is 1. The third kappa shape index (κ3) is 3.80. The zero-order valence-corrected chi connectivity index (χ0v) is 11.8. The Morgan fingerprint density at radius 2 is 2.06 bits per heavy atom. The Morgan fingerprint density at radius 1 is 1.38 bits per heavy atom. The van der Waals surface area contributed by atoms with Crippen LogP contribution in [-0.2, 0) is 0 Å². The normalized spacial score (nSPS) is 14.6. The lowest BCUT2D eigenvalue weighted by molar-refractivity contribution is 0.207. The Labute approximate surface area is 106 Å². The van der Waals surface area contributed by atoms with Gasteiger partial charge in [0.1, 0.15) is 5.75 Å². The summed E-state index contributed by atoms with van der Waals surface area (Å²) in [5.41, 5.74) is 6.98. The molecule has 0 bridgehead atoms. The minimum atomic E-state index is -0.00285. The Kier molecular flexibility index (Phi) is 5.29. The van der Waals surface area contributed by atoms with Crippen LogP contribution in [-0.4, -0.2) is 6.10 Å². The summed E-state index contributed by atoms with van der Waals surface area (Å²) in [6.45, 7) is 6.23. The van der Waals surface area contributed by atoms with Gasteiger partial charge in [0, 0.05) is 16.1 Å². The molecule has 3 heteroatoms. The summed E-state index contributed by atoms with van der Waals surface area (Å²) >= 11 is 3.45. The smallest absolute Gasteiger partial charge is 0.125 e. The molecule has 1 rings (SSSR count). The third-order valence-corrected chi connectivity index (χ3v) is 2.98. The van der Waals surface area contributed by atoms with Crippen LogP contribution in [0.5, 0.6) is 5.75 Å². The minimum Gasteiger partial charge on any atom is -0.490 e. The summed E-state index contributed by atoms with van der Waals surface area (Å²) in [7, 11) is 0. The van der Waals surface area contributed by atoms with Crippen LogP contribution in [0.4, 0.5) is 0 Å². The molecule has 2 unspecified atom stereocenters. The number of hydrogen-bond donors (Lipinski definition) is 1. The Morgan fingerprint density at radius 3 is 2.62 bits per heavy atom. The van der Waals surface area contributed by atoms with E-state index in [9.17, 15) is 0 Å². The van der Waals surface area contributed by atoms with Gasteiger partial charge in [-0.05, 0) is 32.4 Å². The largest absolute Gasteiger partial charge is 0.490 e. The van der Waals surface area contributed by atoms with Crippen molar-refractivity contribution in [2.75, 3.05) is 0 Å². The van der Waals surface area contributed by atoms with Crippen molar-refractivity contribution in [1.29, 1.82) is 0 Å². The number of halogens is 1. The van der Waals surface area contributed by atoms with Crippen molar-refractivity contribution in [2.45, 2.75) is 45.8 Å². The Balaban J connectivity index is 2.87. The van der Waals surface area contributed by atoms with Gasteiger partial charge in [-0.2, -0.15) is 0 Å². The first-order valence-electron chi connectivity index (χ1n) is 5.76. The molecule has 0 aromatic heterocycles. The standard InChI is InChI=1S/C13H20BrNO/c1-4-5-9(2)16-13-8-11(14)6-7-12(13)10(3)15/h6-10H,4-5,15H2,1-3H3. The molecule has 0 aliphatic heterocycles. The molecule has 0 radical (unpaired) electrons. The van der Waals surface area contributed by atoms with Crippen molar-refractivity contribution in [3.8, 4) is 5.75 Å². The molecular weight excluding hydrogens is 266 g/mol. The van der Waals surface area contributed by atoms with Crippen molar-refractivity contribution >= 4 is 15.9 Å². The van der Waals surface area contributed by atoms with Crippen LogP contribution >= 0.6 is 15.9 Å². The fraction of sp³-hybridized carbons (Fsp3) is 0.538. The van der Waals surface area contributed by atoms with Gasteiger partial charge in [0.25, 0.3) is 0 Å². The van der Waals surface area contributed by atoms with Crippen LogP contribution in [0.25, 0.3) is 0 Å². The zero-order valence-electron chi connectivity index (χ0n) is 10.2. The summed E-state index contributed by atoms with van der Waals surface area (Å²) in [4.78, 5) is 0. The summed E-state index contributed by atoms with van der Waals surface area (Å²) in [5.74, 6) is 0.894. The van der Waals surface area contributed by atoms with Crippen LogP contribution in [0.2, 0.25) is 0 Å². The molecule has 1 aromatic rings. The minimum absolute atomic E-state index is 0.00285. The summed E-state index contributed by atoms with van der Waals surface area (Å²) in [6.07, 6.45) is 2.42. The first kappa shape index (κ1) is 13.5. The maximum absolute atomic E-state index is 5.92. The van der Waals surface area contributed by atoms with Gasteiger partial charge >= 0.3 is 0 Å². The molecule has 1 aromatic carbocycles. The number of hydrogen-bond acceptors (Lipinski definition) is 2. The average molecular weight is 286 g/mol. The molecule has 0 spiro atoms. The third-order valence-electron chi connectivity index (χ3n) is 2.49. The second kappa shape index (κ2) is 6.26. The van der Waals surface area contributed by atoms with Crippen LogP contribution in [0.3, 0.4) is 0 Å². The van der Waals surface area contributed by atoms with E-state index in [0.29, 0.717) is 0 Å². The second-order valence-corrected chi connectivity index (χ2v) is 5.10. The van der Waals surface area contributed by atoms with E-state index in [-0.39, 0.29) is 12.1 Å². The predicted octanol–water partition coefficient (Wildman–Crippen LogP) is 4.04. The van der Waals surface area contributed by atoms with Gasteiger partial charge in [-0.1, -0.05) is 35.3 Å². The van der Waals surface area contributed by atoms with E-state index in [1.54, 1.807) is 0 Å². The lowest BCUT2D eigenvalue weighted by Gasteiger charge is -2.19. The van der Waals surface area contributed by atoms with Crippen LogP contribution < -0.4 is 10.5 Å². The zero-order chi connectivity index (χ0) is 12.1. The molecule has 2 atom stereocenters. The monoisotopic (exact) mass is 285 g/mol. The molecule has 16 heavy (non-hydrogen) atoms. The molecule has 0 fully saturated rings. The maximum Gasteiger partial charge on any atom is 0.125 e. The van der Waals surface area contributed by atoms with Crippen LogP contribution in [0, 0.1) is 0 Å². The highest BCUT2D eigenvalue weighted by Crippen LogP contribution is 2.28. The van der Waals surface area contributed by atoms with E-state index in [1.807, 2.05) is 25.1 Å². The van der Waals surface area contributed by atoms with Crippen molar-refractivity contribution in [2.24, 2.45) is 5.73 Å². The van der Waals surface area contributed by atoms with Crippen LogP contribution in [0.1, 0.15) is 45.2 Å². The predicted molar refractivity (Wildman–Crippen MR) is 71.7 cm³/mol. The Bertz CT molecular complexity index is 339. The fourth-order valence-corrected chi connectivity index (χ4v) is 2.01. The van der Waals surface area contributed by atoms with E-state index < -0.39 is 0 Å². The molecule has 0 amide bonds. The summed E-state index contributed by atoms with van der Waals surface area (Å²) in [6, 6.07) is 6.00. The van der Waals surface area contributed by atoms with Crippen molar-refractivity contribution in [1.82, 2.24) is 0 Å². The van der Waals surface area contributed by atoms with E-state index in [0.717, 1.165) is 28.6 Å². The quantitative estimate of drug-likeness (QED) is 0.886. The molecule has 0 saturated heterocycles. The molecule has 90 valence electrons. The lowest BCUT2D eigenvalue weighted by atomic mass is 10.1. The van der Waals surface area contributed by atoms with E-state index in [1.165, 1.54) is 0 Å². The first-order chi connectivity index (χ1) is 7.54. The molecule has 0 saturated carbocycles. The molecule has 2 nitrogen and oxygen atoms in total. The van der Waals surface area contributed by atoms with E-state index in [2.05, 4.69) is 29.8 Å².